The minimum absolute atomic E-state index is 0.0118. The number of allylic oxidation sites excluding steroid dienone is 1. The molecule has 0 radical (unpaired) electrons. The van der Waals surface area contributed by atoms with Crippen LogP contribution in [0, 0.1) is 0 Å². The van der Waals surface area contributed by atoms with Gasteiger partial charge in [-0.1, -0.05) is 0 Å². The number of rotatable bonds is 4. The normalized spacial score (nSPS) is 20.4. The Hall–Kier alpha value is -3.35. The molecule has 7 nitrogen and oxygen atoms in total. The molecule has 0 unspecified atom stereocenters. The lowest BCUT2D eigenvalue weighted by Crippen LogP contribution is -2.33. The molecule has 1 fully saturated rings. The van der Waals surface area contributed by atoms with Gasteiger partial charge in [0.2, 0.25) is 5.91 Å². The molecule has 2 amide bonds. The molecular formula is C22H22N2O5. The van der Waals surface area contributed by atoms with Gasteiger partial charge in [-0.15, -0.1) is 0 Å². The number of ether oxygens (including phenoxy) is 1. The number of amides is 2. The van der Waals surface area contributed by atoms with Gasteiger partial charge in [-0.25, -0.2) is 4.79 Å². The second-order valence-electron chi connectivity index (χ2n) is 7.30. The van der Waals surface area contributed by atoms with Crippen molar-refractivity contribution < 1.29 is 23.5 Å². The first-order chi connectivity index (χ1) is 14.0. The first-order valence-electron chi connectivity index (χ1n) is 9.64. The standard InChI is InChI=1S/C22H22N2O5/c1-14(25)23-11-19-12-24(22(27)29-19)18-5-6-20-16(10-18)3-2-4-17(21(20)26)9-15-7-8-28-13-15/h5-10,13,19H,2-4,11-12H2,1H3,(H,23,25)/b17-9-/t19-/m0/s1. The average Bonchev–Trinajstić information content (AvgIpc) is 3.31. The van der Waals surface area contributed by atoms with E-state index in [2.05, 4.69) is 5.32 Å². The molecule has 1 saturated heterocycles. The van der Waals surface area contributed by atoms with Crippen LogP contribution in [0.15, 0.2) is 46.8 Å². The fourth-order valence-electron chi connectivity index (χ4n) is 3.72. The van der Waals surface area contributed by atoms with Crippen molar-refractivity contribution in [3.05, 3.63) is 59.1 Å². The van der Waals surface area contributed by atoms with Gasteiger partial charge in [0, 0.05) is 29.3 Å². The number of anilines is 1. The number of hydrogen-bond acceptors (Lipinski definition) is 5. The summed E-state index contributed by atoms with van der Waals surface area (Å²) in [6.45, 7) is 2.06. The van der Waals surface area contributed by atoms with E-state index in [9.17, 15) is 14.4 Å². The van der Waals surface area contributed by atoms with Gasteiger partial charge in [-0.2, -0.15) is 0 Å². The zero-order valence-corrected chi connectivity index (χ0v) is 16.1. The highest BCUT2D eigenvalue weighted by Gasteiger charge is 2.33. The zero-order chi connectivity index (χ0) is 20.4. The molecule has 4 rings (SSSR count). The van der Waals surface area contributed by atoms with Crippen molar-refractivity contribution in [2.75, 3.05) is 18.0 Å². The van der Waals surface area contributed by atoms with Crippen molar-refractivity contribution in [1.29, 1.82) is 0 Å². The third-order valence-electron chi connectivity index (χ3n) is 5.17. The van der Waals surface area contributed by atoms with Crippen molar-refractivity contribution >= 4 is 29.5 Å². The van der Waals surface area contributed by atoms with Crippen LogP contribution < -0.4 is 10.2 Å². The van der Waals surface area contributed by atoms with E-state index in [1.165, 1.54) is 6.92 Å². The molecule has 0 spiro atoms. The van der Waals surface area contributed by atoms with E-state index in [0.717, 1.165) is 29.5 Å². The number of hydrogen-bond donors (Lipinski definition) is 1. The quantitative estimate of drug-likeness (QED) is 0.635. The van der Waals surface area contributed by atoms with Gasteiger partial charge in [0.05, 0.1) is 25.6 Å². The molecular weight excluding hydrogens is 372 g/mol. The van der Waals surface area contributed by atoms with Crippen molar-refractivity contribution in [2.45, 2.75) is 32.3 Å². The average molecular weight is 394 g/mol. The van der Waals surface area contributed by atoms with Gasteiger partial charge in [0.15, 0.2) is 5.78 Å². The Morgan fingerprint density at radius 1 is 1.28 bits per heavy atom. The lowest BCUT2D eigenvalue weighted by molar-refractivity contribution is -0.119. The summed E-state index contributed by atoms with van der Waals surface area (Å²) in [5, 5.41) is 2.67. The second-order valence-corrected chi connectivity index (χ2v) is 7.30. The number of fused-ring (bicyclic) bond motifs is 1. The largest absolute Gasteiger partial charge is 0.472 e. The first-order valence-corrected chi connectivity index (χ1v) is 9.64. The highest BCUT2D eigenvalue weighted by Crippen LogP contribution is 2.30. The topological polar surface area (TPSA) is 88.9 Å². The zero-order valence-electron chi connectivity index (χ0n) is 16.1. The summed E-state index contributed by atoms with van der Waals surface area (Å²) in [7, 11) is 0. The number of cyclic esters (lactones) is 1. The number of furan rings is 1. The molecule has 1 aromatic carbocycles. The lowest BCUT2D eigenvalue weighted by Gasteiger charge is -2.15. The van der Waals surface area contributed by atoms with E-state index < -0.39 is 12.2 Å². The number of ketones is 1. The maximum absolute atomic E-state index is 13.0. The highest BCUT2D eigenvalue weighted by molar-refractivity contribution is 6.12. The van der Waals surface area contributed by atoms with Crippen LogP contribution in [0.5, 0.6) is 0 Å². The number of Topliss-reactive ketones (excluding diaryl/α,β-unsaturated/α-hetero) is 1. The number of nitrogens with zero attached hydrogens (tertiary/aromatic N) is 1. The van der Waals surface area contributed by atoms with Crippen LogP contribution in [-0.4, -0.2) is 37.0 Å². The lowest BCUT2D eigenvalue weighted by atomic mass is 9.98. The summed E-state index contributed by atoms with van der Waals surface area (Å²) in [5.41, 5.74) is 3.94. The number of carbonyl (C=O) groups excluding carboxylic acids is 3. The Kier molecular flexibility index (Phi) is 5.20. The molecule has 150 valence electrons. The summed E-state index contributed by atoms with van der Waals surface area (Å²) in [5.74, 6) is -0.153. The molecule has 1 aliphatic heterocycles. The summed E-state index contributed by atoms with van der Waals surface area (Å²) < 4.78 is 10.4. The van der Waals surface area contributed by atoms with Gasteiger partial charge in [0.1, 0.15) is 6.10 Å². The molecule has 0 saturated carbocycles. The molecule has 1 atom stereocenters. The Balaban J connectivity index is 1.55. The Morgan fingerprint density at radius 2 is 2.14 bits per heavy atom. The van der Waals surface area contributed by atoms with Crippen LogP contribution in [0.4, 0.5) is 10.5 Å². The molecule has 29 heavy (non-hydrogen) atoms. The van der Waals surface area contributed by atoms with E-state index in [1.807, 2.05) is 18.2 Å². The highest BCUT2D eigenvalue weighted by atomic mass is 16.6. The Morgan fingerprint density at radius 3 is 2.90 bits per heavy atom. The molecule has 0 bridgehead atoms. The fraction of sp³-hybridized carbons (Fsp3) is 0.318. The summed E-state index contributed by atoms with van der Waals surface area (Å²) in [4.78, 5) is 37.9. The SMILES string of the molecule is CC(=O)NC[C@H]1CN(c2ccc3c(c2)CCC/C(=C/c2ccoc2)C3=O)C(=O)O1. The van der Waals surface area contributed by atoms with Crippen molar-refractivity contribution in [2.24, 2.45) is 0 Å². The number of nitrogens with one attached hydrogen (secondary N) is 1. The van der Waals surface area contributed by atoms with E-state index in [0.29, 0.717) is 24.2 Å². The maximum Gasteiger partial charge on any atom is 0.414 e. The van der Waals surface area contributed by atoms with Crippen LogP contribution >= 0.6 is 0 Å². The molecule has 1 aromatic heterocycles. The van der Waals surface area contributed by atoms with E-state index in [4.69, 9.17) is 9.15 Å². The minimum Gasteiger partial charge on any atom is -0.472 e. The predicted octanol–water partition coefficient (Wildman–Crippen LogP) is 3.34. The molecule has 2 aromatic rings. The Bertz CT molecular complexity index is 977. The second kappa shape index (κ2) is 7.95. The van der Waals surface area contributed by atoms with Crippen LogP contribution in [-0.2, 0) is 16.0 Å². The van der Waals surface area contributed by atoms with E-state index >= 15 is 0 Å². The van der Waals surface area contributed by atoms with Crippen molar-refractivity contribution in [1.82, 2.24) is 5.32 Å². The summed E-state index contributed by atoms with van der Waals surface area (Å²) in [6, 6.07) is 7.29. The van der Waals surface area contributed by atoms with Gasteiger partial charge in [-0.3, -0.25) is 14.5 Å². The third kappa shape index (κ3) is 4.08. The smallest absolute Gasteiger partial charge is 0.414 e. The fourth-order valence-corrected chi connectivity index (χ4v) is 3.72. The number of carbonyl (C=O) groups is 3. The van der Waals surface area contributed by atoms with Gasteiger partial charge in [0.25, 0.3) is 0 Å². The van der Waals surface area contributed by atoms with Gasteiger partial charge in [-0.05, 0) is 55.2 Å². The van der Waals surface area contributed by atoms with Crippen LogP contribution in [0.2, 0.25) is 0 Å². The number of benzene rings is 1. The van der Waals surface area contributed by atoms with E-state index in [-0.39, 0.29) is 18.2 Å². The first kappa shape index (κ1) is 19.0. The van der Waals surface area contributed by atoms with Crippen molar-refractivity contribution in [3.63, 3.8) is 0 Å². The van der Waals surface area contributed by atoms with Gasteiger partial charge < -0.3 is 14.5 Å². The molecule has 1 aliphatic carbocycles. The van der Waals surface area contributed by atoms with Crippen LogP contribution in [0.25, 0.3) is 6.08 Å². The molecule has 1 N–H and O–H groups in total. The third-order valence-corrected chi connectivity index (χ3v) is 5.17. The van der Waals surface area contributed by atoms with Crippen LogP contribution in [0.1, 0.15) is 41.3 Å². The monoisotopic (exact) mass is 394 g/mol. The van der Waals surface area contributed by atoms with Crippen LogP contribution in [0.3, 0.4) is 0 Å². The predicted molar refractivity (Wildman–Crippen MR) is 107 cm³/mol. The molecule has 2 heterocycles. The molecule has 7 heteroatoms. The van der Waals surface area contributed by atoms with Crippen molar-refractivity contribution in [3.8, 4) is 0 Å². The Labute approximate surface area is 168 Å². The number of aryl methyl sites for hydroxylation is 1. The maximum atomic E-state index is 13.0. The summed E-state index contributed by atoms with van der Waals surface area (Å²) >= 11 is 0. The van der Waals surface area contributed by atoms with E-state index in [1.54, 1.807) is 29.6 Å². The van der Waals surface area contributed by atoms with Gasteiger partial charge >= 0.3 is 6.09 Å². The minimum atomic E-state index is -0.444. The summed E-state index contributed by atoms with van der Waals surface area (Å²) in [6.07, 6.45) is 6.54. The molecule has 2 aliphatic rings.